The van der Waals surface area contributed by atoms with E-state index in [-0.39, 0.29) is 0 Å². The Hall–Kier alpha value is -0.950. The number of nitrogens with one attached hydrogen (secondary N) is 1. The predicted molar refractivity (Wildman–Crippen MR) is 87.4 cm³/mol. The third-order valence-corrected chi connectivity index (χ3v) is 6.71. The van der Waals surface area contributed by atoms with E-state index in [1.165, 1.54) is 6.42 Å². The summed E-state index contributed by atoms with van der Waals surface area (Å²) in [6, 6.07) is 7.87. The lowest BCUT2D eigenvalue weighted by Gasteiger charge is -2.37. The molecule has 6 heteroatoms. The van der Waals surface area contributed by atoms with Crippen LogP contribution >= 0.6 is 0 Å². The van der Waals surface area contributed by atoms with Crippen molar-refractivity contribution in [1.82, 2.24) is 14.5 Å². The summed E-state index contributed by atoms with van der Waals surface area (Å²) in [4.78, 5) is 2.84. The van der Waals surface area contributed by atoms with E-state index in [0.29, 0.717) is 24.0 Å². The zero-order chi connectivity index (χ0) is 15.6. The second-order valence-electron chi connectivity index (χ2n) is 6.08. The van der Waals surface area contributed by atoms with Gasteiger partial charge in [-0.3, -0.25) is 4.90 Å². The SMILES string of the molecule is CCc1ccc(S(=O)(=O)N2CCN(C3CCNC3)CC2)cc1. The number of nitrogens with zero attached hydrogens (tertiary/aromatic N) is 2. The molecule has 2 aliphatic heterocycles. The molecule has 0 aliphatic carbocycles. The van der Waals surface area contributed by atoms with Gasteiger partial charge < -0.3 is 5.32 Å². The standard InChI is InChI=1S/C16H25N3O2S/c1-2-14-3-5-16(6-4-14)22(20,21)19-11-9-18(10-12-19)15-7-8-17-13-15/h3-6,15,17H,2,7-13H2,1H3. The van der Waals surface area contributed by atoms with Crippen LogP contribution < -0.4 is 5.32 Å². The average Bonchev–Trinajstić information content (AvgIpc) is 3.09. The van der Waals surface area contributed by atoms with Gasteiger partial charge in [0.2, 0.25) is 10.0 Å². The van der Waals surface area contributed by atoms with Crippen LogP contribution in [0.3, 0.4) is 0 Å². The van der Waals surface area contributed by atoms with Crippen LogP contribution in [0.1, 0.15) is 18.9 Å². The summed E-state index contributed by atoms with van der Waals surface area (Å²) >= 11 is 0. The Morgan fingerprint density at radius 3 is 2.36 bits per heavy atom. The first kappa shape index (κ1) is 15.9. The molecule has 22 heavy (non-hydrogen) atoms. The summed E-state index contributed by atoms with van der Waals surface area (Å²) < 4.78 is 27.1. The van der Waals surface area contributed by atoms with Gasteiger partial charge in [0.15, 0.2) is 0 Å². The molecule has 0 aromatic heterocycles. The molecule has 2 aliphatic rings. The average molecular weight is 323 g/mol. The molecule has 1 aromatic rings. The molecule has 122 valence electrons. The smallest absolute Gasteiger partial charge is 0.243 e. The van der Waals surface area contributed by atoms with Gasteiger partial charge in [-0.15, -0.1) is 0 Å². The summed E-state index contributed by atoms with van der Waals surface area (Å²) in [6.07, 6.45) is 2.10. The maximum Gasteiger partial charge on any atom is 0.243 e. The third kappa shape index (κ3) is 3.20. The molecule has 2 fully saturated rings. The predicted octanol–water partition coefficient (Wildman–Crippen LogP) is 0.917. The fourth-order valence-electron chi connectivity index (χ4n) is 3.31. The number of rotatable bonds is 4. The van der Waals surface area contributed by atoms with Crippen LogP contribution in [0.4, 0.5) is 0 Å². The minimum Gasteiger partial charge on any atom is -0.315 e. The number of benzene rings is 1. The second-order valence-corrected chi connectivity index (χ2v) is 8.02. The highest BCUT2D eigenvalue weighted by Crippen LogP contribution is 2.20. The third-order valence-electron chi connectivity index (χ3n) is 4.79. The van der Waals surface area contributed by atoms with Crippen LogP contribution in [0.2, 0.25) is 0 Å². The fourth-order valence-corrected chi connectivity index (χ4v) is 4.73. The highest BCUT2D eigenvalue weighted by Gasteiger charge is 2.31. The number of hydrogen-bond acceptors (Lipinski definition) is 4. The second kappa shape index (κ2) is 6.66. The number of sulfonamides is 1. The minimum absolute atomic E-state index is 0.417. The van der Waals surface area contributed by atoms with Gasteiger partial charge in [-0.05, 0) is 37.1 Å². The van der Waals surface area contributed by atoms with Gasteiger partial charge in [-0.2, -0.15) is 4.31 Å². The maximum atomic E-state index is 12.7. The summed E-state index contributed by atoms with van der Waals surface area (Å²) in [6.45, 7) is 7.03. The Balaban J connectivity index is 1.65. The summed E-state index contributed by atoms with van der Waals surface area (Å²) in [5, 5.41) is 3.37. The first-order valence-corrected chi connectivity index (χ1v) is 9.59. The van der Waals surface area contributed by atoms with E-state index in [0.717, 1.165) is 38.2 Å². The van der Waals surface area contributed by atoms with E-state index in [4.69, 9.17) is 0 Å². The molecule has 2 saturated heterocycles. The Labute approximate surface area is 133 Å². The molecule has 1 aromatic carbocycles. The Morgan fingerprint density at radius 2 is 1.82 bits per heavy atom. The molecule has 5 nitrogen and oxygen atoms in total. The lowest BCUT2D eigenvalue weighted by Crippen LogP contribution is -2.52. The number of aryl methyl sites for hydroxylation is 1. The maximum absolute atomic E-state index is 12.7. The minimum atomic E-state index is -3.34. The van der Waals surface area contributed by atoms with E-state index in [1.54, 1.807) is 16.4 Å². The van der Waals surface area contributed by atoms with Crippen molar-refractivity contribution in [3.63, 3.8) is 0 Å². The van der Waals surface area contributed by atoms with Crippen LogP contribution in [0.5, 0.6) is 0 Å². The highest BCUT2D eigenvalue weighted by molar-refractivity contribution is 7.89. The van der Waals surface area contributed by atoms with Crippen LogP contribution in [-0.4, -0.2) is 62.9 Å². The van der Waals surface area contributed by atoms with Crippen molar-refractivity contribution in [3.8, 4) is 0 Å². The number of hydrogen-bond donors (Lipinski definition) is 1. The monoisotopic (exact) mass is 323 g/mol. The van der Waals surface area contributed by atoms with Crippen molar-refractivity contribution >= 4 is 10.0 Å². The van der Waals surface area contributed by atoms with Gasteiger partial charge in [0.1, 0.15) is 0 Å². The Bertz CT molecular complexity index is 586. The normalized spacial score (nSPS) is 24.7. The van der Waals surface area contributed by atoms with E-state index < -0.39 is 10.0 Å². The molecule has 1 unspecified atom stereocenters. The molecule has 3 rings (SSSR count). The molecule has 0 bridgehead atoms. The molecule has 0 saturated carbocycles. The van der Waals surface area contributed by atoms with Crippen LogP contribution in [0.15, 0.2) is 29.2 Å². The van der Waals surface area contributed by atoms with Crippen molar-refractivity contribution in [1.29, 1.82) is 0 Å². The van der Waals surface area contributed by atoms with Crippen LogP contribution in [-0.2, 0) is 16.4 Å². The quantitative estimate of drug-likeness (QED) is 0.895. The van der Waals surface area contributed by atoms with Gasteiger partial charge in [0.25, 0.3) is 0 Å². The Morgan fingerprint density at radius 1 is 1.14 bits per heavy atom. The molecule has 1 N–H and O–H groups in total. The zero-order valence-electron chi connectivity index (χ0n) is 13.2. The van der Waals surface area contributed by atoms with Crippen molar-refractivity contribution in [2.24, 2.45) is 0 Å². The molecular formula is C16H25N3O2S. The molecular weight excluding hydrogens is 298 g/mol. The van der Waals surface area contributed by atoms with E-state index in [1.807, 2.05) is 12.1 Å². The van der Waals surface area contributed by atoms with Crippen LogP contribution in [0, 0.1) is 0 Å². The van der Waals surface area contributed by atoms with Crippen LogP contribution in [0.25, 0.3) is 0 Å². The fraction of sp³-hybridized carbons (Fsp3) is 0.625. The first-order chi connectivity index (χ1) is 10.6. The molecule has 0 spiro atoms. The zero-order valence-corrected chi connectivity index (χ0v) is 14.0. The van der Waals surface area contributed by atoms with Gasteiger partial charge in [0.05, 0.1) is 4.90 Å². The van der Waals surface area contributed by atoms with E-state index in [2.05, 4.69) is 17.1 Å². The van der Waals surface area contributed by atoms with Crippen molar-refractivity contribution in [2.45, 2.75) is 30.7 Å². The van der Waals surface area contributed by atoms with Gasteiger partial charge in [-0.1, -0.05) is 19.1 Å². The highest BCUT2D eigenvalue weighted by atomic mass is 32.2. The topological polar surface area (TPSA) is 52.7 Å². The molecule has 2 heterocycles. The van der Waals surface area contributed by atoms with Crippen molar-refractivity contribution < 1.29 is 8.42 Å². The molecule has 1 atom stereocenters. The van der Waals surface area contributed by atoms with Gasteiger partial charge in [0, 0.05) is 38.8 Å². The number of piperazine rings is 1. The van der Waals surface area contributed by atoms with E-state index in [9.17, 15) is 8.42 Å². The molecule has 0 amide bonds. The summed E-state index contributed by atoms with van der Waals surface area (Å²) in [7, 11) is -3.34. The first-order valence-electron chi connectivity index (χ1n) is 8.15. The van der Waals surface area contributed by atoms with E-state index >= 15 is 0 Å². The Kier molecular flexibility index (Phi) is 4.82. The lowest BCUT2D eigenvalue weighted by atomic mass is 10.2. The molecule has 0 radical (unpaired) electrons. The largest absolute Gasteiger partial charge is 0.315 e. The summed E-state index contributed by atoms with van der Waals surface area (Å²) in [5.41, 5.74) is 1.16. The lowest BCUT2D eigenvalue weighted by molar-refractivity contribution is 0.145. The van der Waals surface area contributed by atoms with Crippen molar-refractivity contribution in [2.75, 3.05) is 39.3 Å². The van der Waals surface area contributed by atoms with Gasteiger partial charge >= 0.3 is 0 Å². The summed E-state index contributed by atoms with van der Waals surface area (Å²) in [5.74, 6) is 0. The van der Waals surface area contributed by atoms with Gasteiger partial charge in [-0.25, -0.2) is 8.42 Å². The van der Waals surface area contributed by atoms with Crippen molar-refractivity contribution in [3.05, 3.63) is 29.8 Å².